The van der Waals surface area contributed by atoms with Gasteiger partial charge in [0.15, 0.2) is 11.6 Å². The van der Waals surface area contributed by atoms with Crippen LogP contribution in [0, 0.1) is 0 Å². The number of rotatable bonds is 5. The van der Waals surface area contributed by atoms with Gasteiger partial charge in [0.05, 0.1) is 24.4 Å². The molecule has 4 rings (SSSR count). The van der Waals surface area contributed by atoms with Crippen LogP contribution >= 0.6 is 0 Å². The number of anilines is 2. The number of benzene rings is 1. The second kappa shape index (κ2) is 9.12. The summed E-state index contributed by atoms with van der Waals surface area (Å²) in [6.07, 6.45) is -4.61. The molecule has 32 heavy (non-hydrogen) atoms. The normalized spacial score (nSPS) is 16.8. The summed E-state index contributed by atoms with van der Waals surface area (Å²) in [6, 6.07) is 14.8. The SMILES string of the molecule is CN(C)c1ccc(N2CCO[C@H](c3cccc(Cc4ccccc4C(F)(F)F)n3)C2)nn1. The average molecular weight is 443 g/mol. The van der Waals surface area contributed by atoms with Crippen LogP contribution in [0.25, 0.3) is 0 Å². The molecule has 0 saturated carbocycles. The fourth-order valence-electron chi connectivity index (χ4n) is 3.68. The molecule has 1 atom stereocenters. The van der Waals surface area contributed by atoms with Gasteiger partial charge in [-0.3, -0.25) is 4.98 Å². The second-order valence-corrected chi connectivity index (χ2v) is 7.84. The predicted octanol–water partition coefficient (Wildman–Crippen LogP) is 4.13. The Morgan fingerprint density at radius 3 is 2.56 bits per heavy atom. The molecule has 1 saturated heterocycles. The van der Waals surface area contributed by atoms with Gasteiger partial charge in [0.25, 0.3) is 0 Å². The van der Waals surface area contributed by atoms with Gasteiger partial charge < -0.3 is 14.5 Å². The maximum absolute atomic E-state index is 13.3. The molecule has 1 aliphatic heterocycles. The van der Waals surface area contributed by atoms with E-state index in [1.807, 2.05) is 43.3 Å². The van der Waals surface area contributed by atoms with E-state index in [9.17, 15) is 13.2 Å². The molecule has 1 aromatic carbocycles. The Morgan fingerprint density at radius 1 is 1.03 bits per heavy atom. The van der Waals surface area contributed by atoms with Gasteiger partial charge in [-0.2, -0.15) is 13.2 Å². The maximum atomic E-state index is 13.3. The number of pyridine rings is 1. The van der Waals surface area contributed by atoms with Crippen molar-refractivity contribution in [1.29, 1.82) is 0 Å². The predicted molar refractivity (Wildman–Crippen MR) is 116 cm³/mol. The summed E-state index contributed by atoms with van der Waals surface area (Å²) in [5.74, 6) is 1.52. The highest BCUT2D eigenvalue weighted by atomic mass is 19.4. The van der Waals surface area contributed by atoms with Gasteiger partial charge in [0.1, 0.15) is 6.10 Å². The Bertz CT molecular complexity index is 1060. The van der Waals surface area contributed by atoms with E-state index >= 15 is 0 Å². The van der Waals surface area contributed by atoms with Crippen LogP contribution in [-0.4, -0.2) is 49.0 Å². The molecule has 0 N–H and O–H groups in total. The summed E-state index contributed by atoms with van der Waals surface area (Å²) < 4.78 is 45.9. The number of hydrogen-bond acceptors (Lipinski definition) is 6. The fourth-order valence-corrected chi connectivity index (χ4v) is 3.68. The number of aromatic nitrogens is 3. The third-order valence-corrected chi connectivity index (χ3v) is 5.34. The van der Waals surface area contributed by atoms with Crippen molar-refractivity contribution in [2.24, 2.45) is 0 Å². The van der Waals surface area contributed by atoms with E-state index in [0.717, 1.165) is 17.7 Å². The van der Waals surface area contributed by atoms with Gasteiger partial charge in [0.2, 0.25) is 0 Å². The van der Waals surface area contributed by atoms with Crippen molar-refractivity contribution in [1.82, 2.24) is 15.2 Å². The molecule has 0 unspecified atom stereocenters. The van der Waals surface area contributed by atoms with Crippen LogP contribution in [0.2, 0.25) is 0 Å². The van der Waals surface area contributed by atoms with Crippen LogP contribution in [-0.2, 0) is 17.3 Å². The Morgan fingerprint density at radius 2 is 1.84 bits per heavy atom. The van der Waals surface area contributed by atoms with Crippen molar-refractivity contribution in [3.05, 3.63) is 77.1 Å². The first-order valence-electron chi connectivity index (χ1n) is 10.3. The zero-order chi connectivity index (χ0) is 22.7. The lowest BCUT2D eigenvalue weighted by Gasteiger charge is -2.33. The summed E-state index contributed by atoms with van der Waals surface area (Å²) >= 11 is 0. The van der Waals surface area contributed by atoms with E-state index in [2.05, 4.69) is 20.1 Å². The number of hydrogen-bond donors (Lipinski definition) is 0. The summed E-state index contributed by atoms with van der Waals surface area (Å²) in [6.45, 7) is 1.70. The molecular formula is C23H24F3N5O. The topological polar surface area (TPSA) is 54.4 Å². The third-order valence-electron chi connectivity index (χ3n) is 5.34. The van der Waals surface area contributed by atoms with E-state index in [0.29, 0.717) is 31.1 Å². The van der Waals surface area contributed by atoms with E-state index in [4.69, 9.17) is 4.74 Å². The molecule has 1 fully saturated rings. The van der Waals surface area contributed by atoms with Gasteiger partial charge >= 0.3 is 6.18 Å². The van der Waals surface area contributed by atoms with Gasteiger partial charge in [-0.05, 0) is 35.9 Å². The van der Waals surface area contributed by atoms with Crippen LogP contribution in [0.15, 0.2) is 54.6 Å². The lowest BCUT2D eigenvalue weighted by molar-refractivity contribution is -0.138. The highest BCUT2D eigenvalue weighted by molar-refractivity contribution is 5.45. The lowest BCUT2D eigenvalue weighted by atomic mass is 10.0. The molecule has 6 nitrogen and oxygen atoms in total. The standard InChI is InChI=1S/C23H24F3N5O/c1-30(2)21-10-11-22(29-28-21)31-12-13-32-20(15-31)19-9-5-7-17(27-19)14-16-6-3-4-8-18(16)23(24,25)26/h3-11,20H,12-15H2,1-2H3/t20-/m0/s1. The first-order valence-corrected chi connectivity index (χ1v) is 10.3. The van der Waals surface area contributed by atoms with Crippen LogP contribution in [0.3, 0.4) is 0 Å². The molecular weight excluding hydrogens is 419 g/mol. The van der Waals surface area contributed by atoms with E-state index in [-0.39, 0.29) is 18.1 Å². The molecule has 0 spiro atoms. The number of morpholine rings is 1. The highest BCUT2D eigenvalue weighted by Gasteiger charge is 2.33. The van der Waals surface area contributed by atoms with Gasteiger partial charge in [0, 0.05) is 32.8 Å². The van der Waals surface area contributed by atoms with Crippen LogP contribution < -0.4 is 9.80 Å². The number of ether oxygens (including phenoxy) is 1. The highest BCUT2D eigenvalue weighted by Crippen LogP contribution is 2.33. The van der Waals surface area contributed by atoms with Crippen molar-refractivity contribution in [2.45, 2.75) is 18.7 Å². The van der Waals surface area contributed by atoms with Gasteiger partial charge in [-0.15, -0.1) is 10.2 Å². The number of alkyl halides is 3. The Balaban J connectivity index is 1.51. The first kappa shape index (κ1) is 22.0. The third kappa shape index (κ3) is 4.99. The van der Waals surface area contributed by atoms with E-state index in [1.54, 1.807) is 12.1 Å². The van der Waals surface area contributed by atoms with E-state index < -0.39 is 11.7 Å². The zero-order valence-corrected chi connectivity index (χ0v) is 17.9. The summed E-state index contributed by atoms with van der Waals surface area (Å²) in [7, 11) is 3.81. The molecule has 1 aliphatic rings. The molecule has 0 amide bonds. The van der Waals surface area contributed by atoms with Crippen LogP contribution in [0.4, 0.5) is 24.8 Å². The van der Waals surface area contributed by atoms with Crippen molar-refractivity contribution in [3.8, 4) is 0 Å². The maximum Gasteiger partial charge on any atom is 0.416 e. The molecule has 0 bridgehead atoms. The summed E-state index contributed by atoms with van der Waals surface area (Å²) in [5, 5.41) is 8.54. The fraction of sp³-hybridized carbons (Fsp3) is 0.348. The van der Waals surface area contributed by atoms with Gasteiger partial charge in [-0.25, -0.2) is 0 Å². The second-order valence-electron chi connectivity index (χ2n) is 7.84. The molecule has 0 radical (unpaired) electrons. The van der Waals surface area contributed by atoms with Crippen molar-refractivity contribution in [2.75, 3.05) is 43.6 Å². The number of halogens is 3. The zero-order valence-electron chi connectivity index (χ0n) is 17.9. The first-order chi connectivity index (χ1) is 15.3. The summed E-state index contributed by atoms with van der Waals surface area (Å²) in [5.41, 5.74) is 0.823. The van der Waals surface area contributed by atoms with E-state index in [1.165, 1.54) is 12.1 Å². The molecule has 0 aliphatic carbocycles. The molecule has 3 aromatic rings. The smallest absolute Gasteiger partial charge is 0.368 e. The Hall–Kier alpha value is -3.20. The average Bonchev–Trinajstić information content (AvgIpc) is 2.79. The van der Waals surface area contributed by atoms with Gasteiger partial charge in [-0.1, -0.05) is 24.3 Å². The monoisotopic (exact) mass is 443 g/mol. The van der Waals surface area contributed by atoms with Crippen molar-refractivity contribution >= 4 is 11.6 Å². The minimum absolute atomic E-state index is 0.0947. The van der Waals surface area contributed by atoms with Crippen molar-refractivity contribution in [3.63, 3.8) is 0 Å². The molecule has 9 heteroatoms. The lowest BCUT2D eigenvalue weighted by Crippen LogP contribution is -2.39. The minimum Gasteiger partial charge on any atom is -0.368 e. The van der Waals surface area contributed by atoms with Crippen LogP contribution in [0.5, 0.6) is 0 Å². The Kier molecular flexibility index (Phi) is 6.27. The molecule has 3 heterocycles. The Labute approximate surface area is 184 Å². The molecule has 2 aromatic heterocycles. The number of nitrogens with zero attached hydrogens (tertiary/aromatic N) is 5. The minimum atomic E-state index is -4.40. The molecule has 168 valence electrons. The van der Waals surface area contributed by atoms with Crippen molar-refractivity contribution < 1.29 is 17.9 Å². The van der Waals surface area contributed by atoms with Crippen LogP contribution in [0.1, 0.15) is 28.6 Å². The summed E-state index contributed by atoms with van der Waals surface area (Å²) in [4.78, 5) is 8.58. The quantitative estimate of drug-likeness (QED) is 0.591. The largest absolute Gasteiger partial charge is 0.416 e.